The first kappa shape index (κ1) is 32.7. The normalized spacial score (nSPS) is 23.7. The molecule has 3 saturated heterocycles. The quantitative estimate of drug-likeness (QED) is 0.156. The third kappa shape index (κ3) is 8.19. The Kier molecular flexibility index (Phi) is 10.2. The molecule has 15 heteroatoms. The van der Waals surface area contributed by atoms with Crippen molar-refractivity contribution in [2.45, 2.75) is 43.4 Å². The highest BCUT2D eigenvalue weighted by molar-refractivity contribution is 6.11. The van der Waals surface area contributed by atoms with E-state index < -0.39 is 0 Å². The Hall–Kier alpha value is -4.25. The fraction of sp³-hybridized carbons (Fsp3) is 0.469. The summed E-state index contributed by atoms with van der Waals surface area (Å²) in [6, 6.07) is 15.9. The molecule has 0 aliphatic carbocycles. The molecule has 4 heterocycles. The van der Waals surface area contributed by atoms with E-state index in [0.717, 1.165) is 12.8 Å². The van der Waals surface area contributed by atoms with Gasteiger partial charge in [-0.25, -0.2) is 10.0 Å². The van der Waals surface area contributed by atoms with Gasteiger partial charge in [0.1, 0.15) is 0 Å². The predicted octanol–water partition coefficient (Wildman–Crippen LogP) is 0.198. The molecule has 0 radical (unpaired) electrons. The van der Waals surface area contributed by atoms with E-state index in [-0.39, 0.29) is 42.3 Å². The number of nitrogens with two attached hydrogens (primary N) is 4. The summed E-state index contributed by atoms with van der Waals surface area (Å²) in [5, 5.41) is 6.77. The average molecular weight is 645 g/mol. The van der Waals surface area contributed by atoms with Crippen molar-refractivity contribution in [1.82, 2.24) is 20.0 Å². The number of Topliss-reactive ketones (excluding diaryl/α,β-unsaturated/α-hetero) is 1. The molecule has 2 aromatic carbocycles. The number of carbonyl (C=O) groups excluding carboxylic acids is 2. The zero-order valence-electron chi connectivity index (χ0n) is 26.4. The van der Waals surface area contributed by atoms with Crippen molar-refractivity contribution < 1.29 is 14.3 Å². The molecule has 9 N–H and O–H groups in total. The first-order valence-electron chi connectivity index (χ1n) is 16.1. The SMILES string of the molecule is N[C@@H]1C[C@H](N)CN(c2nc(Nc3ccc(C(=O)CC(=O)N(c4ccccc4)N4CCOCC4)cc3)nc(N3C[C@H](N)C[C@H](N)C3)n2)C1. The van der Waals surface area contributed by atoms with Crippen LogP contribution in [0.2, 0.25) is 0 Å². The van der Waals surface area contributed by atoms with Crippen molar-refractivity contribution in [3.8, 4) is 0 Å². The minimum absolute atomic E-state index is 0.0992. The molecule has 47 heavy (non-hydrogen) atoms. The fourth-order valence-corrected chi connectivity index (χ4v) is 6.35. The lowest BCUT2D eigenvalue weighted by molar-refractivity contribution is -0.122. The highest BCUT2D eigenvalue weighted by Crippen LogP contribution is 2.25. The van der Waals surface area contributed by atoms with Gasteiger partial charge in [0, 0.05) is 74.7 Å². The number of piperidine rings is 2. The van der Waals surface area contributed by atoms with Crippen LogP contribution in [0.25, 0.3) is 0 Å². The van der Waals surface area contributed by atoms with Crippen LogP contribution in [0, 0.1) is 0 Å². The molecular formula is C32H44N12O3. The Labute approximate surface area is 274 Å². The number of anilines is 5. The standard InChI is InChI=1S/C32H44N12O3/c33-22-14-23(34)18-41(17-22)31-38-30(39-32(40-31)42-19-24(35)15-25(36)20-42)37-26-8-6-21(7-9-26)28(45)16-29(46)44(27-4-2-1-3-5-27)43-10-12-47-13-11-43/h1-9,22-25H,10-20,33-36H2,(H,37,38,39,40)/t22-,23+,24-,25+. The number of ketones is 1. The zero-order chi connectivity index (χ0) is 32.9. The Bertz CT molecular complexity index is 1460. The molecule has 3 aromatic rings. The van der Waals surface area contributed by atoms with Gasteiger partial charge in [-0.3, -0.25) is 9.59 Å². The molecule has 15 nitrogen and oxygen atoms in total. The number of amides is 1. The van der Waals surface area contributed by atoms with Crippen LogP contribution in [0.3, 0.4) is 0 Å². The van der Waals surface area contributed by atoms with Gasteiger partial charge >= 0.3 is 0 Å². The van der Waals surface area contributed by atoms with E-state index in [1.807, 2.05) is 45.1 Å². The number of nitrogens with one attached hydrogen (secondary N) is 1. The minimum atomic E-state index is -0.301. The number of hydrogen-bond acceptors (Lipinski definition) is 14. The Morgan fingerprint density at radius 3 is 1.83 bits per heavy atom. The van der Waals surface area contributed by atoms with Gasteiger partial charge in [0.15, 0.2) is 5.78 Å². The summed E-state index contributed by atoms with van der Waals surface area (Å²) in [7, 11) is 0. The fourth-order valence-electron chi connectivity index (χ4n) is 6.35. The third-order valence-corrected chi connectivity index (χ3v) is 8.49. The van der Waals surface area contributed by atoms with Crippen molar-refractivity contribution in [1.29, 1.82) is 0 Å². The van der Waals surface area contributed by atoms with Crippen LogP contribution >= 0.6 is 0 Å². The zero-order valence-corrected chi connectivity index (χ0v) is 26.4. The van der Waals surface area contributed by atoms with Crippen LogP contribution in [0.5, 0.6) is 0 Å². The number of hydrazine groups is 1. The lowest BCUT2D eigenvalue weighted by Crippen LogP contribution is -2.54. The van der Waals surface area contributed by atoms with Gasteiger partial charge in [-0.1, -0.05) is 18.2 Å². The van der Waals surface area contributed by atoms with E-state index in [9.17, 15) is 9.59 Å². The Morgan fingerprint density at radius 1 is 0.766 bits per heavy atom. The van der Waals surface area contributed by atoms with Gasteiger partial charge < -0.3 is 42.8 Å². The predicted molar refractivity (Wildman–Crippen MR) is 180 cm³/mol. The molecule has 250 valence electrons. The molecule has 6 rings (SSSR count). The monoisotopic (exact) mass is 644 g/mol. The molecule has 3 fully saturated rings. The number of hydrogen-bond donors (Lipinski definition) is 5. The van der Waals surface area contributed by atoms with E-state index in [2.05, 4.69) is 5.32 Å². The average Bonchev–Trinajstić information content (AvgIpc) is 3.05. The Balaban J connectivity index is 1.18. The second kappa shape index (κ2) is 14.7. The summed E-state index contributed by atoms with van der Waals surface area (Å²) in [4.78, 5) is 44.9. The summed E-state index contributed by atoms with van der Waals surface area (Å²) in [6.45, 7) is 4.42. The molecule has 3 aliphatic rings. The van der Waals surface area contributed by atoms with E-state index >= 15 is 0 Å². The van der Waals surface area contributed by atoms with E-state index in [1.165, 1.54) is 0 Å². The summed E-state index contributed by atoms with van der Waals surface area (Å²) in [5.74, 6) is 0.665. The Morgan fingerprint density at radius 2 is 1.30 bits per heavy atom. The summed E-state index contributed by atoms with van der Waals surface area (Å²) >= 11 is 0. The lowest BCUT2D eigenvalue weighted by atomic mass is 10.0. The van der Waals surface area contributed by atoms with Crippen LogP contribution in [0.15, 0.2) is 54.6 Å². The third-order valence-electron chi connectivity index (χ3n) is 8.49. The topological polar surface area (TPSA) is 211 Å². The van der Waals surface area contributed by atoms with Gasteiger partial charge in [0.2, 0.25) is 23.8 Å². The molecular weight excluding hydrogens is 600 g/mol. The number of aromatic nitrogens is 3. The molecule has 1 amide bonds. The maximum atomic E-state index is 13.5. The molecule has 0 saturated carbocycles. The minimum Gasteiger partial charge on any atom is -0.379 e. The van der Waals surface area contributed by atoms with Crippen LogP contribution in [0.1, 0.15) is 29.6 Å². The van der Waals surface area contributed by atoms with Gasteiger partial charge in [0.25, 0.3) is 0 Å². The smallest absolute Gasteiger partial charge is 0.249 e. The second-order valence-corrected chi connectivity index (χ2v) is 12.5. The van der Waals surface area contributed by atoms with Crippen LogP contribution in [-0.4, -0.2) is 108 Å². The number of nitrogens with zero attached hydrogens (tertiary/aromatic N) is 7. The molecule has 0 unspecified atom stereocenters. The molecule has 1 aromatic heterocycles. The number of para-hydroxylation sites is 1. The first-order chi connectivity index (χ1) is 22.7. The number of benzene rings is 2. The van der Waals surface area contributed by atoms with Gasteiger partial charge in [-0.15, -0.1) is 0 Å². The maximum Gasteiger partial charge on any atom is 0.249 e. The van der Waals surface area contributed by atoms with Gasteiger partial charge in [0.05, 0.1) is 25.3 Å². The highest BCUT2D eigenvalue weighted by Gasteiger charge is 2.30. The van der Waals surface area contributed by atoms with Crippen molar-refractivity contribution >= 4 is 40.9 Å². The molecule has 0 bridgehead atoms. The van der Waals surface area contributed by atoms with Crippen molar-refractivity contribution in [3.63, 3.8) is 0 Å². The van der Waals surface area contributed by atoms with Crippen molar-refractivity contribution in [3.05, 3.63) is 60.2 Å². The van der Waals surface area contributed by atoms with Gasteiger partial charge in [-0.05, 0) is 49.2 Å². The number of morpholine rings is 1. The number of ether oxygens (including phenoxy) is 1. The van der Waals surface area contributed by atoms with Gasteiger partial charge in [-0.2, -0.15) is 15.0 Å². The van der Waals surface area contributed by atoms with E-state index in [4.69, 9.17) is 42.6 Å². The molecule has 3 aliphatic heterocycles. The summed E-state index contributed by atoms with van der Waals surface area (Å²) < 4.78 is 5.47. The van der Waals surface area contributed by atoms with Crippen molar-refractivity contribution in [2.75, 3.05) is 72.6 Å². The summed E-state index contributed by atoms with van der Waals surface area (Å²) in [6.07, 6.45) is 1.17. The first-order valence-corrected chi connectivity index (χ1v) is 16.1. The largest absolute Gasteiger partial charge is 0.379 e. The highest BCUT2D eigenvalue weighted by atomic mass is 16.5. The number of carbonyl (C=O) groups is 2. The van der Waals surface area contributed by atoms with Crippen molar-refractivity contribution in [2.24, 2.45) is 22.9 Å². The second-order valence-electron chi connectivity index (χ2n) is 12.5. The van der Waals surface area contributed by atoms with Crippen LogP contribution in [0.4, 0.5) is 29.2 Å². The number of rotatable bonds is 9. The van der Waals surface area contributed by atoms with E-state index in [0.29, 0.717) is 87.3 Å². The molecule has 0 spiro atoms. The van der Waals surface area contributed by atoms with Crippen LogP contribution in [-0.2, 0) is 9.53 Å². The molecule has 4 atom stereocenters. The lowest BCUT2D eigenvalue weighted by Gasteiger charge is -2.37. The van der Waals surface area contributed by atoms with E-state index in [1.54, 1.807) is 29.3 Å². The maximum absolute atomic E-state index is 13.5. The van der Waals surface area contributed by atoms with Crippen LogP contribution < -0.4 is 43.1 Å². The summed E-state index contributed by atoms with van der Waals surface area (Å²) in [5.41, 5.74) is 26.9.